The van der Waals surface area contributed by atoms with Crippen molar-refractivity contribution in [1.29, 1.82) is 0 Å². The predicted molar refractivity (Wildman–Crippen MR) is 104 cm³/mol. The molecule has 0 spiro atoms. The number of ketones is 1. The number of amides is 1. The number of hydrogen-bond donors (Lipinski definition) is 0. The van der Waals surface area contributed by atoms with Crippen LogP contribution in [0, 0.1) is 12.7 Å². The van der Waals surface area contributed by atoms with Gasteiger partial charge in [0.2, 0.25) is 0 Å². The van der Waals surface area contributed by atoms with E-state index < -0.39 is 29.6 Å². The van der Waals surface area contributed by atoms with Crippen molar-refractivity contribution in [2.45, 2.75) is 26.1 Å². The maximum absolute atomic E-state index is 13.4. The summed E-state index contributed by atoms with van der Waals surface area (Å²) in [5.41, 5.74) is -0.909. The van der Waals surface area contributed by atoms with Crippen LogP contribution in [0.2, 0.25) is 0 Å². The molecule has 1 aliphatic rings. The van der Waals surface area contributed by atoms with E-state index in [9.17, 15) is 27.2 Å². The van der Waals surface area contributed by atoms with Gasteiger partial charge in [0.25, 0.3) is 5.91 Å². The van der Waals surface area contributed by atoms with Crippen LogP contribution in [-0.2, 0) is 10.9 Å². The van der Waals surface area contributed by atoms with Crippen LogP contribution in [0.4, 0.5) is 17.6 Å². The number of rotatable bonds is 5. The third-order valence-corrected chi connectivity index (χ3v) is 5.04. The van der Waals surface area contributed by atoms with Crippen LogP contribution >= 0.6 is 0 Å². The van der Waals surface area contributed by atoms with E-state index in [0.29, 0.717) is 0 Å². The summed E-state index contributed by atoms with van der Waals surface area (Å²) < 4.78 is 64.1. The normalized spacial score (nSPS) is 16.8. The molecule has 2 aromatic carbocycles. The van der Waals surface area contributed by atoms with E-state index in [1.165, 1.54) is 36.9 Å². The number of carbonyl (C=O) groups is 2. The van der Waals surface area contributed by atoms with Crippen LogP contribution in [0.15, 0.2) is 36.4 Å². The van der Waals surface area contributed by atoms with Gasteiger partial charge in [0, 0.05) is 12.1 Å². The van der Waals surface area contributed by atoms with Crippen LogP contribution in [0.25, 0.3) is 0 Å². The Hall–Kier alpha value is -2.94. The first-order chi connectivity index (χ1) is 14.6. The number of hydrogen-bond acceptors (Lipinski definition) is 4. The first-order valence-electron chi connectivity index (χ1n) is 9.59. The van der Waals surface area contributed by atoms with Crippen molar-refractivity contribution in [1.82, 2.24) is 4.90 Å². The Morgan fingerprint density at radius 3 is 2.61 bits per heavy atom. The molecular weight excluding hydrogens is 418 g/mol. The van der Waals surface area contributed by atoms with Crippen molar-refractivity contribution < 1.29 is 36.6 Å². The van der Waals surface area contributed by atoms with Crippen LogP contribution in [0.1, 0.15) is 38.8 Å². The molecule has 0 N–H and O–H groups in total. The third-order valence-electron chi connectivity index (χ3n) is 5.04. The van der Waals surface area contributed by atoms with Crippen molar-refractivity contribution in [2.24, 2.45) is 0 Å². The first-order valence-corrected chi connectivity index (χ1v) is 9.59. The van der Waals surface area contributed by atoms with Crippen LogP contribution in [0.5, 0.6) is 5.75 Å². The smallest absolute Gasteiger partial charge is 0.416 e. The molecule has 166 valence electrons. The number of carbonyl (C=O) groups excluding carboxylic acids is 2. The zero-order chi connectivity index (χ0) is 22.8. The van der Waals surface area contributed by atoms with Crippen molar-refractivity contribution in [3.05, 3.63) is 64.5 Å². The minimum atomic E-state index is -4.55. The number of halogens is 4. The molecule has 0 aliphatic carbocycles. The van der Waals surface area contributed by atoms with E-state index >= 15 is 0 Å². The SMILES string of the molecule is CC(=O)c1cc(F)ccc1OCC1CN(C(=O)c2cccc(C(F)(F)F)c2C)CCO1. The Kier molecular flexibility index (Phi) is 6.64. The number of ether oxygens (including phenoxy) is 2. The van der Waals surface area contributed by atoms with Gasteiger partial charge in [0.05, 0.1) is 24.3 Å². The highest BCUT2D eigenvalue weighted by Crippen LogP contribution is 2.33. The van der Waals surface area contributed by atoms with Gasteiger partial charge in [-0.25, -0.2) is 4.39 Å². The molecule has 0 bridgehead atoms. The zero-order valence-corrected chi connectivity index (χ0v) is 17.0. The van der Waals surface area contributed by atoms with Gasteiger partial charge in [-0.1, -0.05) is 6.07 Å². The molecular formula is C22H21F4NO4. The maximum atomic E-state index is 13.4. The molecule has 0 radical (unpaired) electrons. The van der Waals surface area contributed by atoms with Crippen LogP contribution < -0.4 is 4.74 Å². The van der Waals surface area contributed by atoms with Gasteiger partial charge in [-0.05, 0) is 49.7 Å². The molecule has 1 unspecified atom stereocenters. The van der Waals surface area contributed by atoms with Crippen molar-refractivity contribution in [2.75, 3.05) is 26.3 Å². The van der Waals surface area contributed by atoms with Crippen molar-refractivity contribution in [3.63, 3.8) is 0 Å². The number of morpholine rings is 1. The fraction of sp³-hybridized carbons (Fsp3) is 0.364. The quantitative estimate of drug-likeness (QED) is 0.516. The van der Waals surface area contributed by atoms with Gasteiger partial charge in [-0.15, -0.1) is 0 Å². The van der Waals surface area contributed by atoms with E-state index in [0.717, 1.165) is 18.2 Å². The molecule has 9 heteroatoms. The molecule has 31 heavy (non-hydrogen) atoms. The van der Waals surface area contributed by atoms with Gasteiger partial charge in [-0.2, -0.15) is 13.2 Å². The second-order valence-electron chi connectivity index (χ2n) is 7.23. The third kappa shape index (κ3) is 5.22. The molecule has 1 fully saturated rings. The van der Waals surface area contributed by atoms with E-state index in [1.807, 2.05) is 0 Å². The number of Topliss-reactive ketones (excluding diaryl/α,β-unsaturated/α-hetero) is 1. The molecule has 3 rings (SSSR count). The second-order valence-corrected chi connectivity index (χ2v) is 7.23. The van der Waals surface area contributed by atoms with E-state index in [1.54, 1.807) is 0 Å². The molecule has 1 heterocycles. The highest BCUT2D eigenvalue weighted by atomic mass is 19.4. The summed E-state index contributed by atoms with van der Waals surface area (Å²) >= 11 is 0. The second kappa shape index (κ2) is 9.05. The molecule has 1 amide bonds. The molecule has 1 aliphatic heterocycles. The minimum Gasteiger partial charge on any atom is -0.490 e. The van der Waals surface area contributed by atoms with Gasteiger partial charge in [-0.3, -0.25) is 9.59 Å². The Bertz CT molecular complexity index is 990. The lowest BCUT2D eigenvalue weighted by atomic mass is 10.0. The molecule has 0 aromatic heterocycles. The maximum Gasteiger partial charge on any atom is 0.416 e. The van der Waals surface area contributed by atoms with E-state index in [4.69, 9.17) is 9.47 Å². The Labute approximate surface area is 176 Å². The summed E-state index contributed by atoms with van der Waals surface area (Å²) in [5, 5.41) is 0. The standard InChI is InChI=1S/C22H21F4NO4/c1-13-17(4-3-5-19(13)22(24,25)26)21(29)27-8-9-30-16(11-27)12-31-20-7-6-15(23)10-18(20)14(2)28/h3-7,10,16H,8-9,11-12H2,1-2H3. The fourth-order valence-electron chi connectivity index (χ4n) is 3.44. The average Bonchev–Trinajstić information content (AvgIpc) is 2.71. The van der Waals surface area contributed by atoms with E-state index in [-0.39, 0.29) is 54.5 Å². The monoisotopic (exact) mass is 439 g/mol. The lowest BCUT2D eigenvalue weighted by Crippen LogP contribution is -2.47. The largest absolute Gasteiger partial charge is 0.490 e. The Balaban J connectivity index is 1.71. The summed E-state index contributed by atoms with van der Waals surface area (Å²) in [6, 6.07) is 7.09. The summed E-state index contributed by atoms with van der Waals surface area (Å²) in [7, 11) is 0. The summed E-state index contributed by atoms with van der Waals surface area (Å²) in [6.07, 6.45) is -5.11. The molecule has 1 saturated heterocycles. The average molecular weight is 439 g/mol. The Morgan fingerprint density at radius 2 is 1.94 bits per heavy atom. The molecule has 5 nitrogen and oxygen atoms in total. The lowest BCUT2D eigenvalue weighted by Gasteiger charge is -2.33. The summed E-state index contributed by atoms with van der Waals surface area (Å²) in [6.45, 7) is 3.05. The summed E-state index contributed by atoms with van der Waals surface area (Å²) in [5.74, 6) is -1.27. The van der Waals surface area contributed by atoms with Gasteiger partial charge >= 0.3 is 6.18 Å². The van der Waals surface area contributed by atoms with Crippen molar-refractivity contribution >= 4 is 11.7 Å². The highest BCUT2D eigenvalue weighted by molar-refractivity contribution is 5.97. The number of benzene rings is 2. The highest BCUT2D eigenvalue weighted by Gasteiger charge is 2.35. The van der Waals surface area contributed by atoms with Crippen molar-refractivity contribution in [3.8, 4) is 5.75 Å². The minimum absolute atomic E-state index is 0.0166. The summed E-state index contributed by atoms with van der Waals surface area (Å²) in [4.78, 5) is 26.0. The molecule has 2 aromatic rings. The topological polar surface area (TPSA) is 55.8 Å². The van der Waals surface area contributed by atoms with Crippen LogP contribution in [-0.4, -0.2) is 49.0 Å². The fourth-order valence-corrected chi connectivity index (χ4v) is 3.44. The van der Waals surface area contributed by atoms with Gasteiger partial charge in [0.1, 0.15) is 24.3 Å². The van der Waals surface area contributed by atoms with Crippen LogP contribution in [0.3, 0.4) is 0 Å². The van der Waals surface area contributed by atoms with Gasteiger partial charge < -0.3 is 14.4 Å². The molecule has 1 atom stereocenters. The zero-order valence-electron chi connectivity index (χ0n) is 17.0. The molecule has 0 saturated carbocycles. The number of nitrogens with zero attached hydrogens (tertiary/aromatic N) is 1. The first kappa shape index (κ1) is 22.7. The lowest BCUT2D eigenvalue weighted by molar-refractivity contribution is -0.138. The predicted octanol–water partition coefficient (Wildman–Crippen LogP) is 4.28. The van der Waals surface area contributed by atoms with E-state index in [2.05, 4.69) is 0 Å². The number of alkyl halides is 3. The van der Waals surface area contributed by atoms with Gasteiger partial charge in [0.15, 0.2) is 5.78 Å². The Morgan fingerprint density at radius 1 is 1.19 bits per heavy atom.